The first-order chi connectivity index (χ1) is 10.2. The number of nitrogens with zero attached hydrogens (tertiary/aromatic N) is 2. The van der Waals surface area contributed by atoms with E-state index in [1.54, 1.807) is 16.2 Å². The number of amides is 2. The van der Waals surface area contributed by atoms with Crippen LogP contribution in [0.25, 0.3) is 0 Å². The lowest BCUT2D eigenvalue weighted by atomic mass is 9.97. The second-order valence-corrected chi connectivity index (χ2v) is 7.23. The van der Waals surface area contributed by atoms with Crippen molar-refractivity contribution in [2.75, 3.05) is 36.6 Å². The Hall–Kier alpha value is -1.12. The Kier molecular flexibility index (Phi) is 4.77. The Labute approximate surface area is 131 Å². The maximum atomic E-state index is 11.9. The number of anilines is 1. The van der Waals surface area contributed by atoms with E-state index >= 15 is 0 Å². The van der Waals surface area contributed by atoms with Gasteiger partial charge in [0.2, 0.25) is 11.8 Å². The van der Waals surface area contributed by atoms with Crippen molar-refractivity contribution < 1.29 is 9.59 Å². The Morgan fingerprint density at radius 1 is 1.48 bits per heavy atom. The van der Waals surface area contributed by atoms with Gasteiger partial charge in [0.15, 0.2) is 5.13 Å². The monoisotopic (exact) mass is 326 g/mol. The van der Waals surface area contributed by atoms with E-state index in [-0.39, 0.29) is 18.4 Å². The van der Waals surface area contributed by atoms with Crippen LogP contribution >= 0.6 is 23.1 Å². The molecule has 0 radical (unpaired) electrons. The number of thiazole rings is 1. The minimum Gasteiger partial charge on any atom is -0.323 e. The highest BCUT2D eigenvalue weighted by Crippen LogP contribution is 2.31. The number of aromatic nitrogens is 1. The molecule has 6 nitrogen and oxygen atoms in total. The van der Waals surface area contributed by atoms with Crippen molar-refractivity contribution in [1.82, 2.24) is 15.2 Å². The fraction of sp³-hybridized carbons (Fsp3) is 0.615. The highest BCUT2D eigenvalue weighted by Gasteiger charge is 2.23. The molecule has 0 atom stereocenters. The summed E-state index contributed by atoms with van der Waals surface area (Å²) >= 11 is 3.09. The summed E-state index contributed by atoms with van der Waals surface area (Å²) in [5.74, 6) is 1.49. The molecule has 2 N–H and O–H groups in total. The number of carbonyl (C=O) groups is 2. The lowest BCUT2D eigenvalue weighted by Gasteiger charge is -2.20. The average Bonchev–Trinajstić information content (AvgIpc) is 3.10. The van der Waals surface area contributed by atoms with E-state index in [1.165, 1.54) is 16.6 Å². The summed E-state index contributed by atoms with van der Waals surface area (Å²) in [6.45, 7) is 2.20. The quantitative estimate of drug-likeness (QED) is 0.866. The summed E-state index contributed by atoms with van der Waals surface area (Å²) in [6.07, 6.45) is 4.11. The highest BCUT2D eigenvalue weighted by atomic mass is 32.2. The van der Waals surface area contributed by atoms with Crippen LogP contribution in [-0.4, -0.2) is 53.0 Å². The molecule has 1 aromatic rings. The van der Waals surface area contributed by atoms with Crippen LogP contribution < -0.4 is 10.6 Å². The van der Waals surface area contributed by atoms with Crippen LogP contribution in [0.15, 0.2) is 6.20 Å². The van der Waals surface area contributed by atoms with Crippen LogP contribution in [0, 0.1) is 0 Å². The van der Waals surface area contributed by atoms with E-state index in [2.05, 4.69) is 15.6 Å². The van der Waals surface area contributed by atoms with Gasteiger partial charge in [-0.3, -0.25) is 9.59 Å². The molecule has 0 unspecified atom stereocenters. The molecule has 21 heavy (non-hydrogen) atoms. The van der Waals surface area contributed by atoms with Crippen molar-refractivity contribution in [3.05, 3.63) is 11.1 Å². The molecule has 3 heterocycles. The van der Waals surface area contributed by atoms with Crippen molar-refractivity contribution in [2.45, 2.75) is 18.8 Å². The van der Waals surface area contributed by atoms with Crippen LogP contribution in [-0.2, 0) is 9.59 Å². The fourth-order valence-electron chi connectivity index (χ4n) is 2.51. The smallest absolute Gasteiger partial charge is 0.245 e. The van der Waals surface area contributed by atoms with Gasteiger partial charge in [0.25, 0.3) is 0 Å². The molecule has 114 valence electrons. The molecule has 2 aliphatic heterocycles. The predicted octanol–water partition coefficient (Wildman–Crippen LogP) is 1.08. The van der Waals surface area contributed by atoms with Crippen LogP contribution in [0.1, 0.15) is 23.6 Å². The largest absolute Gasteiger partial charge is 0.323 e. The fourth-order valence-corrected chi connectivity index (χ4v) is 4.42. The molecule has 0 spiro atoms. The summed E-state index contributed by atoms with van der Waals surface area (Å²) in [5.41, 5.74) is 0. The van der Waals surface area contributed by atoms with E-state index in [9.17, 15) is 9.59 Å². The van der Waals surface area contributed by atoms with Crippen molar-refractivity contribution in [2.24, 2.45) is 0 Å². The molecule has 8 heteroatoms. The molecule has 3 rings (SSSR count). The summed E-state index contributed by atoms with van der Waals surface area (Å²) < 4.78 is 0. The van der Waals surface area contributed by atoms with Gasteiger partial charge in [-0.15, -0.1) is 23.1 Å². The Morgan fingerprint density at radius 2 is 2.29 bits per heavy atom. The maximum Gasteiger partial charge on any atom is 0.245 e. The van der Waals surface area contributed by atoms with E-state index in [4.69, 9.17) is 0 Å². The summed E-state index contributed by atoms with van der Waals surface area (Å²) in [7, 11) is 0. The van der Waals surface area contributed by atoms with Gasteiger partial charge in [0.1, 0.15) is 6.54 Å². The van der Waals surface area contributed by atoms with E-state index in [0.29, 0.717) is 22.7 Å². The van der Waals surface area contributed by atoms with E-state index in [0.717, 1.165) is 25.9 Å². The summed E-state index contributed by atoms with van der Waals surface area (Å²) in [4.78, 5) is 30.5. The number of hydrogen-bond acceptors (Lipinski definition) is 6. The Balaban J connectivity index is 1.54. The van der Waals surface area contributed by atoms with Crippen LogP contribution in [0.4, 0.5) is 5.13 Å². The first-order valence-corrected chi connectivity index (χ1v) is 9.01. The summed E-state index contributed by atoms with van der Waals surface area (Å²) in [6, 6.07) is 0. The molecule has 2 aliphatic rings. The molecule has 0 aliphatic carbocycles. The maximum absolute atomic E-state index is 11.9. The van der Waals surface area contributed by atoms with Crippen LogP contribution in [0.3, 0.4) is 0 Å². The van der Waals surface area contributed by atoms with Crippen molar-refractivity contribution in [3.8, 4) is 0 Å². The third kappa shape index (κ3) is 3.75. The first-order valence-electron chi connectivity index (χ1n) is 7.04. The normalized spacial score (nSPS) is 20.0. The predicted molar refractivity (Wildman–Crippen MR) is 84.6 cm³/mol. The Morgan fingerprint density at radius 3 is 3.00 bits per heavy atom. The van der Waals surface area contributed by atoms with Crippen molar-refractivity contribution in [1.29, 1.82) is 0 Å². The van der Waals surface area contributed by atoms with Gasteiger partial charge in [-0.25, -0.2) is 4.98 Å². The molecule has 2 fully saturated rings. The minimum atomic E-state index is -0.169. The molecule has 2 amide bonds. The third-order valence-electron chi connectivity index (χ3n) is 3.67. The summed E-state index contributed by atoms with van der Waals surface area (Å²) in [5, 5.41) is 6.77. The van der Waals surface area contributed by atoms with Crippen molar-refractivity contribution in [3.63, 3.8) is 0 Å². The molecule has 2 saturated heterocycles. The standard InChI is InChI=1S/C13H18N4O2S2/c18-11(6-17-8-20-7-12(17)19)16-13-15-5-10(21-13)9-1-3-14-4-2-9/h5,9,14H,1-4,6-8H2,(H,15,16,18). The number of piperidine rings is 1. The lowest BCUT2D eigenvalue weighted by molar-refractivity contribution is -0.130. The van der Waals surface area contributed by atoms with Gasteiger partial charge in [0, 0.05) is 11.1 Å². The molecular weight excluding hydrogens is 308 g/mol. The third-order valence-corrected chi connectivity index (χ3v) is 5.69. The molecular formula is C13H18N4O2S2. The molecule has 1 aromatic heterocycles. The topological polar surface area (TPSA) is 74.3 Å². The van der Waals surface area contributed by atoms with E-state index in [1.807, 2.05) is 6.20 Å². The van der Waals surface area contributed by atoms with E-state index < -0.39 is 0 Å². The van der Waals surface area contributed by atoms with Crippen molar-refractivity contribution >= 4 is 40.0 Å². The number of carbonyl (C=O) groups excluding carboxylic acids is 2. The number of rotatable bonds is 4. The van der Waals surface area contributed by atoms with Crippen LogP contribution in [0.2, 0.25) is 0 Å². The van der Waals surface area contributed by atoms with Gasteiger partial charge in [-0.05, 0) is 31.8 Å². The number of hydrogen-bond donors (Lipinski definition) is 2. The zero-order chi connectivity index (χ0) is 14.7. The second kappa shape index (κ2) is 6.76. The molecule has 0 bridgehead atoms. The average molecular weight is 326 g/mol. The zero-order valence-electron chi connectivity index (χ0n) is 11.6. The van der Waals surface area contributed by atoms with Gasteiger partial charge >= 0.3 is 0 Å². The second-order valence-electron chi connectivity index (χ2n) is 5.21. The zero-order valence-corrected chi connectivity index (χ0v) is 13.3. The minimum absolute atomic E-state index is 0.0321. The Bertz CT molecular complexity index is 528. The number of nitrogens with one attached hydrogen (secondary N) is 2. The number of thioether (sulfide) groups is 1. The SMILES string of the molecule is O=C(CN1CSCC1=O)Nc1ncc(C2CCNCC2)s1. The molecule has 0 aromatic carbocycles. The van der Waals surface area contributed by atoms with Gasteiger partial charge < -0.3 is 15.5 Å². The highest BCUT2D eigenvalue weighted by molar-refractivity contribution is 8.00. The van der Waals surface area contributed by atoms with Gasteiger partial charge in [-0.2, -0.15) is 0 Å². The van der Waals surface area contributed by atoms with Gasteiger partial charge in [-0.1, -0.05) is 0 Å². The molecule has 0 saturated carbocycles. The lowest BCUT2D eigenvalue weighted by Crippen LogP contribution is -2.34. The first kappa shape index (κ1) is 14.8. The van der Waals surface area contributed by atoms with Gasteiger partial charge in [0.05, 0.1) is 11.6 Å². The van der Waals surface area contributed by atoms with Crippen LogP contribution in [0.5, 0.6) is 0 Å².